The summed E-state index contributed by atoms with van der Waals surface area (Å²) in [6.45, 7) is 1.91. The molecule has 1 aromatic heterocycles. The summed E-state index contributed by atoms with van der Waals surface area (Å²) in [5, 5.41) is 0. The van der Waals surface area contributed by atoms with Gasteiger partial charge < -0.3 is 14.4 Å². The van der Waals surface area contributed by atoms with E-state index in [0.717, 1.165) is 35.6 Å². The largest absolute Gasteiger partial charge is 0.476 e. The van der Waals surface area contributed by atoms with E-state index in [2.05, 4.69) is 4.98 Å². The first-order chi connectivity index (χ1) is 13.8. The number of amides is 1. The topological polar surface area (TPSA) is 51.7 Å². The molecule has 1 saturated heterocycles. The van der Waals surface area contributed by atoms with E-state index >= 15 is 0 Å². The summed E-state index contributed by atoms with van der Waals surface area (Å²) in [7, 11) is 0. The number of aromatic nitrogens is 1. The molecule has 0 N–H and O–H groups in total. The third-order valence-electron chi connectivity index (χ3n) is 4.69. The van der Waals surface area contributed by atoms with Crippen LogP contribution in [0.15, 0.2) is 72.9 Å². The number of benzene rings is 2. The minimum Gasteiger partial charge on any atom is -0.476 e. The third-order valence-corrected chi connectivity index (χ3v) is 4.69. The molecule has 0 unspecified atom stereocenters. The van der Waals surface area contributed by atoms with Crippen LogP contribution in [0.1, 0.15) is 12.8 Å². The molecule has 1 fully saturated rings. The predicted molar refractivity (Wildman–Crippen MR) is 107 cm³/mol. The predicted octanol–water partition coefficient (Wildman–Crippen LogP) is 4.54. The fourth-order valence-electron chi connectivity index (χ4n) is 3.18. The van der Waals surface area contributed by atoms with Crippen LogP contribution in [0, 0.1) is 0 Å². The zero-order chi connectivity index (χ0) is 19.2. The Morgan fingerprint density at radius 3 is 2.32 bits per heavy atom. The van der Waals surface area contributed by atoms with Crippen LogP contribution in [-0.2, 0) is 4.79 Å². The average molecular weight is 374 g/mol. The normalized spacial score (nSPS) is 13.6. The number of rotatable bonds is 7. The fourth-order valence-corrected chi connectivity index (χ4v) is 3.18. The Labute approximate surface area is 164 Å². The van der Waals surface area contributed by atoms with Gasteiger partial charge in [-0.05, 0) is 42.3 Å². The molecular formula is C23H22N2O3. The number of nitrogens with zero attached hydrogens (tertiary/aromatic N) is 2. The Kier molecular flexibility index (Phi) is 5.52. The number of carbonyl (C=O) groups excluding carboxylic acids is 1. The lowest BCUT2D eigenvalue weighted by molar-refractivity contribution is -0.128. The Balaban J connectivity index is 1.32. The van der Waals surface area contributed by atoms with Crippen LogP contribution in [0.4, 0.5) is 0 Å². The zero-order valence-electron chi connectivity index (χ0n) is 15.6. The van der Waals surface area contributed by atoms with Gasteiger partial charge >= 0.3 is 0 Å². The van der Waals surface area contributed by atoms with Crippen molar-refractivity contribution in [1.29, 1.82) is 0 Å². The van der Waals surface area contributed by atoms with E-state index in [1.165, 1.54) is 0 Å². The molecular weight excluding hydrogens is 352 g/mol. The maximum atomic E-state index is 11.6. The van der Waals surface area contributed by atoms with E-state index < -0.39 is 0 Å². The molecule has 5 nitrogen and oxygen atoms in total. The molecule has 2 heterocycles. The van der Waals surface area contributed by atoms with Gasteiger partial charge in [0.15, 0.2) is 0 Å². The quantitative estimate of drug-likeness (QED) is 0.609. The first-order valence-corrected chi connectivity index (χ1v) is 9.48. The Morgan fingerprint density at radius 2 is 1.64 bits per heavy atom. The minimum absolute atomic E-state index is 0.214. The van der Waals surface area contributed by atoms with Gasteiger partial charge in [-0.15, -0.1) is 0 Å². The molecule has 0 saturated carbocycles. The Bertz CT molecular complexity index is 909. The lowest BCUT2D eigenvalue weighted by Crippen LogP contribution is -2.29. The minimum atomic E-state index is 0.214. The molecule has 5 heteroatoms. The summed E-state index contributed by atoms with van der Waals surface area (Å²) in [6.07, 6.45) is 3.40. The smallest absolute Gasteiger partial charge is 0.222 e. The number of pyridine rings is 1. The van der Waals surface area contributed by atoms with Crippen LogP contribution >= 0.6 is 0 Å². The van der Waals surface area contributed by atoms with E-state index in [0.29, 0.717) is 25.5 Å². The van der Waals surface area contributed by atoms with Crippen molar-refractivity contribution in [1.82, 2.24) is 9.88 Å². The van der Waals surface area contributed by atoms with Crippen molar-refractivity contribution in [2.45, 2.75) is 12.8 Å². The zero-order valence-corrected chi connectivity index (χ0v) is 15.6. The van der Waals surface area contributed by atoms with E-state index in [9.17, 15) is 4.79 Å². The first kappa shape index (κ1) is 18.0. The molecule has 4 rings (SSSR count). The Hall–Kier alpha value is -3.34. The summed E-state index contributed by atoms with van der Waals surface area (Å²) in [5.41, 5.74) is 2.07. The molecule has 0 bridgehead atoms. The lowest BCUT2D eigenvalue weighted by atomic mass is 10.1. The molecule has 1 aliphatic heterocycles. The summed E-state index contributed by atoms with van der Waals surface area (Å²) < 4.78 is 11.5. The van der Waals surface area contributed by atoms with Gasteiger partial charge in [0.05, 0.1) is 6.54 Å². The Morgan fingerprint density at radius 1 is 0.893 bits per heavy atom. The lowest BCUT2D eigenvalue weighted by Gasteiger charge is -2.15. The van der Waals surface area contributed by atoms with Gasteiger partial charge in [0, 0.05) is 30.8 Å². The highest BCUT2D eigenvalue weighted by molar-refractivity contribution is 5.78. The summed E-state index contributed by atoms with van der Waals surface area (Å²) in [6, 6.07) is 21.5. The second-order valence-electron chi connectivity index (χ2n) is 6.66. The number of likely N-dealkylation sites (tertiary alicyclic amines) is 1. The van der Waals surface area contributed by atoms with Gasteiger partial charge in [0.1, 0.15) is 18.1 Å². The van der Waals surface area contributed by atoms with Gasteiger partial charge in [-0.2, -0.15) is 0 Å². The summed E-state index contributed by atoms with van der Waals surface area (Å²) >= 11 is 0. The van der Waals surface area contributed by atoms with Gasteiger partial charge in [0.25, 0.3) is 0 Å². The van der Waals surface area contributed by atoms with Crippen molar-refractivity contribution in [3.05, 3.63) is 72.9 Å². The van der Waals surface area contributed by atoms with Crippen molar-refractivity contribution in [2.24, 2.45) is 0 Å². The highest BCUT2D eigenvalue weighted by Crippen LogP contribution is 2.26. The standard InChI is InChI=1S/C23H22N2O3/c26-23-7-4-14-25(23)15-16-27-22-13-10-19(17-24-22)18-8-11-21(12-9-18)28-20-5-2-1-3-6-20/h1-3,5-6,8-13,17H,4,7,14-16H2. The first-order valence-electron chi connectivity index (χ1n) is 9.48. The monoisotopic (exact) mass is 374 g/mol. The van der Waals surface area contributed by atoms with Crippen molar-refractivity contribution in [3.63, 3.8) is 0 Å². The van der Waals surface area contributed by atoms with E-state index in [4.69, 9.17) is 9.47 Å². The van der Waals surface area contributed by atoms with Crippen molar-refractivity contribution < 1.29 is 14.3 Å². The molecule has 1 amide bonds. The highest BCUT2D eigenvalue weighted by Gasteiger charge is 2.19. The molecule has 1 aliphatic rings. The van der Waals surface area contributed by atoms with Crippen molar-refractivity contribution >= 4 is 5.91 Å². The second kappa shape index (κ2) is 8.57. The summed E-state index contributed by atoms with van der Waals surface area (Å²) in [4.78, 5) is 17.8. The van der Waals surface area contributed by atoms with Crippen LogP contribution in [0.2, 0.25) is 0 Å². The van der Waals surface area contributed by atoms with Gasteiger partial charge in [0.2, 0.25) is 11.8 Å². The van der Waals surface area contributed by atoms with Gasteiger partial charge in [-0.25, -0.2) is 4.98 Å². The molecule has 3 aromatic rings. The van der Waals surface area contributed by atoms with Gasteiger partial charge in [-0.3, -0.25) is 4.79 Å². The number of carbonyl (C=O) groups is 1. The molecule has 142 valence electrons. The van der Waals surface area contributed by atoms with Crippen molar-refractivity contribution in [3.8, 4) is 28.5 Å². The molecule has 0 aliphatic carbocycles. The van der Waals surface area contributed by atoms with E-state index in [1.54, 1.807) is 6.20 Å². The SMILES string of the molecule is O=C1CCCN1CCOc1ccc(-c2ccc(Oc3ccccc3)cc2)cn1. The average Bonchev–Trinajstić information content (AvgIpc) is 3.15. The molecule has 2 aromatic carbocycles. The number of hydrogen-bond donors (Lipinski definition) is 0. The molecule has 0 atom stereocenters. The molecule has 28 heavy (non-hydrogen) atoms. The van der Waals surface area contributed by atoms with Crippen LogP contribution in [0.5, 0.6) is 17.4 Å². The maximum Gasteiger partial charge on any atom is 0.222 e. The third kappa shape index (κ3) is 4.49. The number of para-hydroxylation sites is 1. The molecule has 0 radical (unpaired) electrons. The van der Waals surface area contributed by atoms with Crippen LogP contribution in [-0.4, -0.2) is 35.5 Å². The van der Waals surface area contributed by atoms with Crippen LogP contribution in [0.25, 0.3) is 11.1 Å². The van der Waals surface area contributed by atoms with Crippen LogP contribution in [0.3, 0.4) is 0 Å². The maximum absolute atomic E-state index is 11.6. The van der Waals surface area contributed by atoms with Crippen molar-refractivity contribution in [2.75, 3.05) is 19.7 Å². The van der Waals surface area contributed by atoms with E-state index in [-0.39, 0.29) is 5.91 Å². The van der Waals surface area contributed by atoms with Crippen LogP contribution < -0.4 is 9.47 Å². The molecule has 0 spiro atoms. The highest BCUT2D eigenvalue weighted by atomic mass is 16.5. The fraction of sp³-hybridized carbons (Fsp3) is 0.217. The number of hydrogen-bond acceptors (Lipinski definition) is 4. The number of ether oxygens (including phenoxy) is 2. The van der Waals surface area contributed by atoms with E-state index in [1.807, 2.05) is 71.6 Å². The van der Waals surface area contributed by atoms with Gasteiger partial charge in [-0.1, -0.05) is 30.3 Å². The second-order valence-corrected chi connectivity index (χ2v) is 6.66. The summed E-state index contributed by atoms with van der Waals surface area (Å²) in [5.74, 6) is 2.39.